The van der Waals surface area contributed by atoms with Crippen LogP contribution < -0.4 is 10.6 Å². The number of benzene rings is 1. The number of methoxy groups -OCH3 is 1. The van der Waals surface area contributed by atoms with E-state index in [9.17, 15) is 24.3 Å². The van der Waals surface area contributed by atoms with Crippen LogP contribution in [-0.4, -0.2) is 80.5 Å². The Hall–Kier alpha value is -3.20. The van der Waals surface area contributed by atoms with E-state index in [2.05, 4.69) is 55.2 Å². The van der Waals surface area contributed by atoms with Gasteiger partial charge in [-0.05, 0) is 54.1 Å². The van der Waals surface area contributed by atoms with Crippen molar-refractivity contribution in [3.05, 3.63) is 35.4 Å². The SMILES string of the molecule is C#Cc1ccc([C@H](CO[Si](C)(C)C(C)(C)C)NC(=O)[C@@H]2C[C@@H](O)CN2C(=O)C(NC(=O)CCCCCC(=O)OC)C(C)(C)C)cc1. The zero-order valence-electron chi connectivity index (χ0n) is 29.2. The number of carbonyl (C=O) groups excluding carboxylic acids is 4. The molecule has 3 N–H and O–H groups in total. The molecule has 256 valence electrons. The molecule has 0 aromatic heterocycles. The van der Waals surface area contributed by atoms with E-state index in [1.807, 2.05) is 45.0 Å². The summed E-state index contributed by atoms with van der Waals surface area (Å²) in [7, 11) is -0.823. The van der Waals surface area contributed by atoms with Crippen LogP contribution in [0.15, 0.2) is 24.3 Å². The molecule has 1 saturated heterocycles. The van der Waals surface area contributed by atoms with Crippen molar-refractivity contribution in [2.24, 2.45) is 5.41 Å². The van der Waals surface area contributed by atoms with Gasteiger partial charge in [-0.15, -0.1) is 6.42 Å². The highest BCUT2D eigenvalue weighted by molar-refractivity contribution is 6.74. The Morgan fingerprint density at radius 2 is 1.63 bits per heavy atom. The maximum Gasteiger partial charge on any atom is 0.305 e. The first kappa shape index (κ1) is 39.0. The Labute approximate surface area is 276 Å². The van der Waals surface area contributed by atoms with Crippen LogP contribution in [0, 0.1) is 17.8 Å². The Morgan fingerprint density at radius 1 is 1.02 bits per heavy atom. The molecule has 4 atom stereocenters. The second-order valence-electron chi connectivity index (χ2n) is 14.8. The van der Waals surface area contributed by atoms with Crippen molar-refractivity contribution in [1.29, 1.82) is 0 Å². The highest BCUT2D eigenvalue weighted by Gasteiger charge is 2.45. The topological polar surface area (TPSA) is 134 Å². The zero-order chi connectivity index (χ0) is 34.9. The van der Waals surface area contributed by atoms with Crippen molar-refractivity contribution < 1.29 is 33.4 Å². The van der Waals surface area contributed by atoms with Gasteiger partial charge in [0.1, 0.15) is 12.1 Å². The van der Waals surface area contributed by atoms with E-state index in [0.717, 1.165) is 5.56 Å². The summed E-state index contributed by atoms with van der Waals surface area (Å²) in [5.41, 5.74) is 0.866. The lowest BCUT2D eigenvalue weighted by Crippen LogP contribution is -2.58. The quantitative estimate of drug-likeness (QED) is 0.116. The van der Waals surface area contributed by atoms with E-state index < -0.39 is 49.8 Å². The third-order valence-electron chi connectivity index (χ3n) is 9.01. The molecule has 1 aliphatic heterocycles. The monoisotopic (exact) mass is 657 g/mol. The average Bonchev–Trinajstić information content (AvgIpc) is 3.37. The van der Waals surface area contributed by atoms with Gasteiger partial charge in [-0.2, -0.15) is 0 Å². The first-order valence-electron chi connectivity index (χ1n) is 16.2. The van der Waals surface area contributed by atoms with Crippen molar-refractivity contribution in [3.63, 3.8) is 0 Å². The minimum atomic E-state index is -2.17. The molecule has 0 bridgehead atoms. The lowest BCUT2D eigenvalue weighted by atomic mass is 9.85. The highest BCUT2D eigenvalue weighted by Crippen LogP contribution is 2.37. The summed E-state index contributed by atoms with van der Waals surface area (Å²) in [6, 6.07) is 5.00. The van der Waals surface area contributed by atoms with Gasteiger partial charge >= 0.3 is 5.97 Å². The molecule has 1 unspecified atom stereocenters. The molecule has 0 spiro atoms. The van der Waals surface area contributed by atoms with Gasteiger partial charge in [-0.3, -0.25) is 19.2 Å². The molecule has 0 saturated carbocycles. The van der Waals surface area contributed by atoms with Crippen LogP contribution in [0.3, 0.4) is 0 Å². The summed E-state index contributed by atoms with van der Waals surface area (Å²) in [6.45, 7) is 16.5. The number of hydrogen-bond acceptors (Lipinski definition) is 7. The minimum Gasteiger partial charge on any atom is -0.469 e. The van der Waals surface area contributed by atoms with E-state index in [0.29, 0.717) is 31.2 Å². The number of unbranched alkanes of at least 4 members (excludes halogenated alkanes) is 2. The number of aliphatic hydroxyl groups excluding tert-OH is 1. The molecule has 1 fully saturated rings. The lowest BCUT2D eigenvalue weighted by Gasteiger charge is -2.38. The predicted octanol–water partition coefficient (Wildman–Crippen LogP) is 4.46. The number of rotatable bonds is 14. The average molecular weight is 658 g/mol. The van der Waals surface area contributed by atoms with Crippen LogP contribution in [0.5, 0.6) is 0 Å². The third kappa shape index (κ3) is 11.2. The number of amides is 3. The van der Waals surface area contributed by atoms with Gasteiger partial charge in [-0.25, -0.2) is 0 Å². The fourth-order valence-electron chi connectivity index (χ4n) is 5.00. The number of ether oxygens (including phenoxy) is 1. The Kier molecular flexibility index (Phi) is 14.0. The molecule has 10 nitrogen and oxygen atoms in total. The number of esters is 1. The summed E-state index contributed by atoms with van der Waals surface area (Å²) in [4.78, 5) is 53.5. The molecule has 1 heterocycles. The molecule has 1 aromatic carbocycles. The highest BCUT2D eigenvalue weighted by atomic mass is 28.4. The van der Waals surface area contributed by atoms with Crippen molar-refractivity contribution in [2.75, 3.05) is 20.3 Å². The van der Waals surface area contributed by atoms with E-state index in [1.54, 1.807) is 0 Å². The maximum absolute atomic E-state index is 14.0. The van der Waals surface area contributed by atoms with Gasteiger partial charge in [0.15, 0.2) is 8.32 Å². The molecular formula is C35H55N3O7Si. The van der Waals surface area contributed by atoms with Crippen LogP contribution in [-0.2, 0) is 28.3 Å². The summed E-state index contributed by atoms with van der Waals surface area (Å²) < 4.78 is 11.1. The van der Waals surface area contributed by atoms with Crippen LogP contribution in [0.25, 0.3) is 0 Å². The van der Waals surface area contributed by atoms with E-state index >= 15 is 0 Å². The molecule has 46 heavy (non-hydrogen) atoms. The zero-order valence-corrected chi connectivity index (χ0v) is 30.2. The maximum atomic E-state index is 14.0. The second kappa shape index (κ2) is 16.6. The van der Waals surface area contributed by atoms with Crippen LogP contribution in [0.1, 0.15) is 97.2 Å². The Bertz CT molecular complexity index is 1240. The first-order chi connectivity index (χ1) is 21.3. The van der Waals surface area contributed by atoms with Gasteiger partial charge in [0, 0.05) is 31.4 Å². The number of nitrogens with one attached hydrogen (secondary N) is 2. The number of carbonyl (C=O) groups is 4. The van der Waals surface area contributed by atoms with Gasteiger partial charge in [-0.1, -0.05) is 66.0 Å². The summed E-state index contributed by atoms with van der Waals surface area (Å²) in [5, 5.41) is 16.6. The summed E-state index contributed by atoms with van der Waals surface area (Å²) in [6.07, 6.45) is 7.07. The number of β-amino-alcohol motifs (C(OH)–C–C–N with tert-alkyl or cyclic N) is 1. The molecule has 3 amide bonds. The van der Waals surface area contributed by atoms with Crippen LogP contribution in [0.4, 0.5) is 0 Å². The normalized spacial score (nSPS) is 18.3. The van der Waals surface area contributed by atoms with E-state index in [-0.39, 0.29) is 42.9 Å². The molecular weight excluding hydrogens is 602 g/mol. The third-order valence-corrected chi connectivity index (χ3v) is 13.5. The number of terminal acetylenes is 1. The number of nitrogens with zero attached hydrogens (tertiary/aromatic N) is 1. The minimum absolute atomic E-state index is 0.0189. The summed E-state index contributed by atoms with van der Waals surface area (Å²) in [5.74, 6) is 1.21. The largest absolute Gasteiger partial charge is 0.469 e. The van der Waals surface area contributed by atoms with Crippen LogP contribution in [0.2, 0.25) is 18.1 Å². The molecule has 1 aromatic rings. The summed E-state index contributed by atoms with van der Waals surface area (Å²) >= 11 is 0. The van der Waals surface area contributed by atoms with Crippen molar-refractivity contribution in [3.8, 4) is 12.3 Å². The lowest BCUT2D eigenvalue weighted by molar-refractivity contribution is -0.144. The predicted molar refractivity (Wildman–Crippen MR) is 181 cm³/mol. The molecule has 1 aliphatic rings. The number of hydrogen-bond donors (Lipinski definition) is 3. The molecule has 11 heteroatoms. The number of aliphatic hydroxyl groups is 1. The van der Waals surface area contributed by atoms with Gasteiger partial charge in [0.25, 0.3) is 0 Å². The van der Waals surface area contributed by atoms with E-state index in [1.165, 1.54) is 12.0 Å². The van der Waals surface area contributed by atoms with Gasteiger partial charge < -0.3 is 29.8 Å². The first-order valence-corrected chi connectivity index (χ1v) is 19.1. The number of likely N-dealkylation sites (tertiary alicyclic amines) is 1. The molecule has 0 aliphatic carbocycles. The van der Waals surface area contributed by atoms with Gasteiger partial charge in [0.2, 0.25) is 17.7 Å². The van der Waals surface area contributed by atoms with Gasteiger partial charge in [0.05, 0.1) is 25.9 Å². The molecule has 0 radical (unpaired) electrons. The second-order valence-corrected chi connectivity index (χ2v) is 19.6. The fraction of sp³-hybridized carbons (Fsp3) is 0.657. The Morgan fingerprint density at radius 3 is 2.17 bits per heavy atom. The van der Waals surface area contributed by atoms with Crippen LogP contribution >= 0.6 is 0 Å². The van der Waals surface area contributed by atoms with E-state index in [4.69, 9.17) is 10.8 Å². The Balaban J connectivity index is 2.22. The molecule has 2 rings (SSSR count). The van der Waals surface area contributed by atoms with Crippen molar-refractivity contribution in [2.45, 2.75) is 122 Å². The standard InChI is InChI=1S/C35H55N3O7Si/c1-11-24-17-19-25(20-18-24)27(23-45-46(9,10)35(5,6)7)36-32(42)28-21-26(39)22-38(28)33(43)31(34(2,3)4)37-29(40)15-13-12-14-16-30(41)44-8/h1,17-20,26-28,31,39H,12-16,21-23H2,2-10H3,(H,36,42)(H,37,40)/t26-,27+,28+,31?/m1/s1. The van der Waals surface area contributed by atoms with Crippen molar-refractivity contribution >= 4 is 32.0 Å². The smallest absolute Gasteiger partial charge is 0.305 e. The fourth-order valence-corrected chi connectivity index (χ4v) is 6.01. The van der Waals surface area contributed by atoms with Crippen molar-refractivity contribution in [1.82, 2.24) is 15.5 Å².